The van der Waals surface area contributed by atoms with Crippen molar-refractivity contribution in [2.45, 2.75) is 13.3 Å². The van der Waals surface area contributed by atoms with Gasteiger partial charge < -0.3 is 14.8 Å². The largest absolute Gasteiger partial charge is 0.354 e. The highest BCUT2D eigenvalue weighted by Gasteiger charge is 2.22. The second-order valence-electron chi connectivity index (χ2n) is 7.15. The van der Waals surface area contributed by atoms with E-state index in [4.69, 9.17) is 0 Å². The van der Waals surface area contributed by atoms with Gasteiger partial charge in [0.1, 0.15) is 0 Å². The molecular weight excluding hydrogens is 322 g/mol. The van der Waals surface area contributed by atoms with Crippen LogP contribution in [0.5, 0.6) is 0 Å². The third-order valence-corrected chi connectivity index (χ3v) is 5.52. The van der Waals surface area contributed by atoms with Crippen molar-refractivity contribution in [3.63, 3.8) is 0 Å². The lowest BCUT2D eigenvalue weighted by atomic mass is 10.0. The van der Waals surface area contributed by atoms with E-state index in [-0.39, 0.29) is 5.91 Å². The first-order valence-electron chi connectivity index (χ1n) is 9.46. The number of nitrogens with zero attached hydrogens (tertiary/aromatic N) is 1. The molecule has 26 heavy (non-hydrogen) atoms. The molecule has 1 aliphatic heterocycles. The van der Waals surface area contributed by atoms with Gasteiger partial charge in [-0.25, -0.2) is 0 Å². The smallest absolute Gasteiger partial charge is 0.219 e. The van der Waals surface area contributed by atoms with Crippen molar-refractivity contribution in [2.24, 2.45) is 0 Å². The fraction of sp³-hybridized carbons (Fsp3) is 0.318. The average Bonchev–Trinajstić information content (AvgIpc) is 3.06. The number of quaternary nitrogens is 1. The van der Waals surface area contributed by atoms with E-state index in [1.807, 2.05) is 4.90 Å². The number of hydrogen-bond acceptors (Lipinski definition) is 1. The molecule has 0 atom stereocenters. The van der Waals surface area contributed by atoms with Crippen LogP contribution in [0, 0.1) is 0 Å². The number of hydrogen-bond donors (Lipinski definition) is 2. The van der Waals surface area contributed by atoms with Crippen LogP contribution in [0.1, 0.15) is 12.5 Å². The van der Waals surface area contributed by atoms with Crippen LogP contribution in [-0.2, 0) is 11.2 Å². The van der Waals surface area contributed by atoms with Crippen LogP contribution in [0.2, 0.25) is 0 Å². The minimum absolute atomic E-state index is 0.201. The van der Waals surface area contributed by atoms with Gasteiger partial charge in [0.25, 0.3) is 0 Å². The van der Waals surface area contributed by atoms with Gasteiger partial charge in [0.2, 0.25) is 5.91 Å². The quantitative estimate of drug-likeness (QED) is 0.745. The zero-order valence-corrected chi connectivity index (χ0v) is 15.3. The lowest BCUT2D eigenvalue weighted by Crippen LogP contribution is -3.15. The van der Waals surface area contributed by atoms with Gasteiger partial charge in [-0.05, 0) is 17.2 Å². The highest BCUT2D eigenvalue weighted by Crippen LogP contribution is 2.30. The van der Waals surface area contributed by atoms with E-state index in [1.165, 1.54) is 27.7 Å². The van der Waals surface area contributed by atoms with Crippen molar-refractivity contribution in [1.29, 1.82) is 0 Å². The van der Waals surface area contributed by atoms with E-state index in [1.54, 1.807) is 11.8 Å². The summed E-state index contributed by atoms with van der Waals surface area (Å²) in [6.45, 7) is 6.62. The van der Waals surface area contributed by atoms with Crippen LogP contribution >= 0.6 is 0 Å². The number of para-hydroxylation sites is 1. The predicted molar refractivity (Wildman–Crippen MR) is 105 cm³/mol. The molecule has 0 aliphatic carbocycles. The Morgan fingerprint density at radius 3 is 2.46 bits per heavy atom. The molecule has 0 saturated carbocycles. The number of carbonyl (C=O) groups is 1. The van der Waals surface area contributed by atoms with Gasteiger partial charge in [-0.15, -0.1) is 0 Å². The summed E-state index contributed by atoms with van der Waals surface area (Å²) >= 11 is 0. The van der Waals surface area contributed by atoms with E-state index in [9.17, 15) is 4.79 Å². The Morgan fingerprint density at radius 2 is 1.73 bits per heavy atom. The third-order valence-electron chi connectivity index (χ3n) is 5.52. The minimum Gasteiger partial charge on any atom is -0.354 e. The Morgan fingerprint density at radius 1 is 1.04 bits per heavy atom. The third kappa shape index (κ3) is 3.37. The molecule has 1 fully saturated rings. The number of aromatic amines is 1. The van der Waals surface area contributed by atoms with Gasteiger partial charge >= 0.3 is 0 Å². The lowest BCUT2D eigenvalue weighted by molar-refractivity contribution is -0.903. The maximum atomic E-state index is 11.5. The first-order chi connectivity index (χ1) is 12.7. The Labute approximate surface area is 154 Å². The highest BCUT2D eigenvalue weighted by atomic mass is 16.2. The van der Waals surface area contributed by atoms with Gasteiger partial charge in [0.05, 0.1) is 32.7 Å². The molecule has 2 heterocycles. The standard InChI is InChI=1S/C22H25N3O/c1-17(26)25-15-13-24(14-16-25)12-11-20-19-9-5-6-10-21(19)23-22(20)18-7-3-2-4-8-18/h2-10,23H,11-16H2,1H3/p+1. The molecule has 0 radical (unpaired) electrons. The molecular formula is C22H26N3O+. The summed E-state index contributed by atoms with van der Waals surface area (Å²) in [5, 5.41) is 1.33. The van der Waals surface area contributed by atoms with Crippen molar-refractivity contribution in [3.05, 3.63) is 60.2 Å². The molecule has 134 valence electrons. The topological polar surface area (TPSA) is 40.5 Å². The maximum absolute atomic E-state index is 11.5. The van der Waals surface area contributed by atoms with Gasteiger partial charge in [-0.3, -0.25) is 4.79 Å². The van der Waals surface area contributed by atoms with Crippen molar-refractivity contribution in [1.82, 2.24) is 9.88 Å². The molecule has 4 heteroatoms. The monoisotopic (exact) mass is 348 g/mol. The molecule has 1 aliphatic rings. The highest BCUT2D eigenvalue weighted by molar-refractivity contribution is 5.90. The van der Waals surface area contributed by atoms with Crippen LogP contribution in [0.3, 0.4) is 0 Å². The maximum Gasteiger partial charge on any atom is 0.219 e. The molecule has 4 rings (SSSR count). The summed E-state index contributed by atoms with van der Waals surface area (Å²) in [5.74, 6) is 0.201. The molecule has 1 aromatic heterocycles. The number of piperazine rings is 1. The predicted octanol–water partition coefficient (Wildman–Crippen LogP) is 2.12. The Kier molecular flexibility index (Phi) is 4.76. The molecule has 2 aromatic carbocycles. The second kappa shape index (κ2) is 7.34. The normalized spacial score (nSPS) is 15.5. The van der Waals surface area contributed by atoms with Gasteiger partial charge in [0.15, 0.2) is 0 Å². The molecule has 2 N–H and O–H groups in total. The van der Waals surface area contributed by atoms with Crippen molar-refractivity contribution >= 4 is 16.8 Å². The summed E-state index contributed by atoms with van der Waals surface area (Å²) in [6.07, 6.45) is 1.05. The van der Waals surface area contributed by atoms with Crippen molar-refractivity contribution < 1.29 is 9.69 Å². The summed E-state index contributed by atoms with van der Waals surface area (Å²) in [5.41, 5.74) is 5.11. The van der Waals surface area contributed by atoms with E-state index < -0.39 is 0 Å². The molecule has 1 amide bonds. The van der Waals surface area contributed by atoms with Gasteiger partial charge in [-0.2, -0.15) is 0 Å². The van der Waals surface area contributed by atoms with E-state index in [0.717, 1.165) is 39.1 Å². The number of carbonyl (C=O) groups excluding carboxylic acids is 1. The van der Waals surface area contributed by atoms with Gasteiger partial charge in [0, 0.05) is 29.9 Å². The Bertz CT molecular complexity index is 892. The molecule has 3 aromatic rings. The Balaban J connectivity index is 1.55. The number of amides is 1. The number of rotatable bonds is 4. The minimum atomic E-state index is 0.201. The summed E-state index contributed by atoms with van der Waals surface area (Å²) < 4.78 is 0. The summed E-state index contributed by atoms with van der Waals surface area (Å²) in [4.78, 5) is 18.7. The zero-order chi connectivity index (χ0) is 17.9. The number of fused-ring (bicyclic) bond motifs is 1. The molecule has 1 saturated heterocycles. The SMILES string of the molecule is CC(=O)N1CC[NH+](CCc2c(-c3ccccc3)[nH]c3ccccc23)CC1. The molecule has 0 unspecified atom stereocenters. The first kappa shape index (κ1) is 16.9. The van der Waals surface area contributed by atoms with Crippen LogP contribution in [-0.4, -0.2) is 48.5 Å². The first-order valence-corrected chi connectivity index (χ1v) is 9.46. The van der Waals surface area contributed by atoms with E-state index in [0.29, 0.717) is 0 Å². The van der Waals surface area contributed by atoms with E-state index in [2.05, 4.69) is 59.6 Å². The molecule has 4 nitrogen and oxygen atoms in total. The van der Waals surface area contributed by atoms with Crippen LogP contribution < -0.4 is 4.90 Å². The van der Waals surface area contributed by atoms with Crippen molar-refractivity contribution in [3.8, 4) is 11.3 Å². The number of aromatic nitrogens is 1. The molecule has 0 bridgehead atoms. The number of H-pyrrole nitrogens is 1. The second-order valence-corrected chi connectivity index (χ2v) is 7.15. The van der Waals surface area contributed by atoms with E-state index >= 15 is 0 Å². The molecule has 0 spiro atoms. The van der Waals surface area contributed by atoms with Crippen molar-refractivity contribution in [2.75, 3.05) is 32.7 Å². The number of nitrogens with one attached hydrogen (secondary N) is 2. The summed E-state index contributed by atoms with van der Waals surface area (Å²) in [7, 11) is 0. The summed E-state index contributed by atoms with van der Waals surface area (Å²) in [6, 6.07) is 19.2. The van der Waals surface area contributed by atoms with Crippen LogP contribution in [0.15, 0.2) is 54.6 Å². The number of benzene rings is 2. The van der Waals surface area contributed by atoms with Gasteiger partial charge in [-0.1, -0.05) is 48.5 Å². The van der Waals surface area contributed by atoms with Crippen LogP contribution in [0.25, 0.3) is 22.2 Å². The fourth-order valence-electron chi connectivity index (χ4n) is 4.00. The fourth-order valence-corrected chi connectivity index (χ4v) is 4.00. The average molecular weight is 348 g/mol. The Hall–Kier alpha value is -2.59. The van der Waals surface area contributed by atoms with Crippen LogP contribution in [0.4, 0.5) is 0 Å². The lowest BCUT2D eigenvalue weighted by Gasteiger charge is -2.31. The zero-order valence-electron chi connectivity index (χ0n) is 15.3.